The average Bonchev–Trinajstić information content (AvgIpc) is 2.83. The van der Waals surface area contributed by atoms with Gasteiger partial charge in [0.1, 0.15) is 0 Å². The molecule has 0 aliphatic carbocycles. The van der Waals surface area contributed by atoms with Crippen molar-refractivity contribution >= 4 is 29.1 Å². The molecule has 8 heteroatoms. The third-order valence-electron chi connectivity index (χ3n) is 1.46. The Morgan fingerprint density at radius 3 is 0.929 bits per heavy atom. The van der Waals surface area contributed by atoms with Gasteiger partial charge in [-0.05, 0) is 0 Å². The van der Waals surface area contributed by atoms with Crippen molar-refractivity contribution in [1.82, 2.24) is 21.3 Å². The summed E-state index contributed by atoms with van der Waals surface area (Å²) in [6.45, 7) is 6.56. The second-order valence-electron chi connectivity index (χ2n) is 2.51. The van der Waals surface area contributed by atoms with Crippen molar-refractivity contribution in [3.05, 3.63) is 0 Å². The Kier molecular flexibility index (Phi) is 13.6. The molecule has 2 rings (SSSR count). The third kappa shape index (κ3) is 15.8. The van der Waals surface area contributed by atoms with Gasteiger partial charge in [-0.25, -0.2) is 0 Å². The number of halogens is 3. The van der Waals surface area contributed by atoms with Crippen LogP contribution < -0.4 is 21.3 Å². The van der Waals surface area contributed by atoms with Crippen LogP contribution in [-0.4, -0.2) is 39.5 Å². The SMILES string of the molecule is C1CNCN1.C1CNCN1.[Cl][Ru]([Cl])[Cl]. The first-order valence-electron chi connectivity index (χ1n) is 4.23. The quantitative estimate of drug-likeness (QED) is 0.476. The molecule has 0 amide bonds. The van der Waals surface area contributed by atoms with Crippen molar-refractivity contribution in [3.8, 4) is 0 Å². The summed E-state index contributed by atoms with van der Waals surface area (Å²) in [5.41, 5.74) is 0. The Labute approximate surface area is 102 Å². The summed E-state index contributed by atoms with van der Waals surface area (Å²) in [6.07, 6.45) is 0. The molecule has 2 heterocycles. The first-order chi connectivity index (χ1) is 6.73. The monoisotopic (exact) mass is 351 g/mol. The molecular weight excluding hydrogens is 336 g/mol. The van der Waals surface area contributed by atoms with Gasteiger partial charge in [-0.1, -0.05) is 0 Å². The average molecular weight is 352 g/mol. The van der Waals surface area contributed by atoms with Crippen LogP contribution in [0, 0.1) is 0 Å². The van der Waals surface area contributed by atoms with Gasteiger partial charge in [0, 0.05) is 39.5 Å². The third-order valence-corrected chi connectivity index (χ3v) is 1.46. The van der Waals surface area contributed by atoms with Gasteiger partial charge in [0.2, 0.25) is 0 Å². The predicted octanol–water partition coefficient (Wildman–Crippen LogP) is 0.339. The minimum absolute atomic E-state index is 1.00. The van der Waals surface area contributed by atoms with E-state index in [1.807, 2.05) is 0 Å². The van der Waals surface area contributed by atoms with Crippen LogP contribution in [0.3, 0.4) is 0 Å². The maximum atomic E-state index is 4.95. The first kappa shape index (κ1) is 15.3. The molecule has 0 aromatic carbocycles. The normalized spacial score (nSPS) is 20.4. The molecule has 0 radical (unpaired) electrons. The molecule has 0 aromatic heterocycles. The van der Waals surface area contributed by atoms with Gasteiger partial charge in [-0.3, -0.25) is 0 Å². The van der Waals surface area contributed by atoms with Crippen molar-refractivity contribution in [3.63, 3.8) is 0 Å². The van der Waals surface area contributed by atoms with E-state index in [1.54, 1.807) is 0 Å². The summed E-state index contributed by atoms with van der Waals surface area (Å²) in [5, 5.41) is 12.4. The molecule has 4 nitrogen and oxygen atoms in total. The molecular formula is C6H16Cl3N4Ru. The van der Waals surface area contributed by atoms with Crippen LogP contribution >= 0.6 is 29.1 Å². The van der Waals surface area contributed by atoms with E-state index in [-0.39, 0.29) is 0 Å². The molecule has 0 spiro atoms. The van der Waals surface area contributed by atoms with Crippen LogP contribution in [0.5, 0.6) is 0 Å². The van der Waals surface area contributed by atoms with Crippen LogP contribution in [0.15, 0.2) is 0 Å². The Bertz CT molecular complexity index is 83.3. The minimum atomic E-state index is -1.75. The Morgan fingerprint density at radius 1 is 0.643 bits per heavy atom. The summed E-state index contributed by atoms with van der Waals surface area (Å²) in [7, 11) is 14.8. The van der Waals surface area contributed by atoms with Gasteiger partial charge in [0.25, 0.3) is 0 Å². The number of nitrogens with one attached hydrogen (secondary N) is 4. The maximum absolute atomic E-state index is 4.95. The fraction of sp³-hybridized carbons (Fsp3) is 1.00. The van der Waals surface area contributed by atoms with Crippen molar-refractivity contribution in [2.75, 3.05) is 39.5 Å². The molecule has 2 aliphatic rings. The molecule has 2 saturated heterocycles. The zero-order valence-electron chi connectivity index (χ0n) is 7.73. The molecule has 0 bridgehead atoms. The Hall–Kier alpha value is 1.33. The van der Waals surface area contributed by atoms with Crippen molar-refractivity contribution in [2.24, 2.45) is 0 Å². The van der Waals surface area contributed by atoms with Gasteiger partial charge in [-0.2, -0.15) is 0 Å². The topological polar surface area (TPSA) is 48.1 Å². The van der Waals surface area contributed by atoms with E-state index in [4.69, 9.17) is 29.1 Å². The zero-order chi connectivity index (χ0) is 10.6. The van der Waals surface area contributed by atoms with E-state index in [9.17, 15) is 0 Å². The van der Waals surface area contributed by atoms with Crippen LogP contribution in [0.2, 0.25) is 0 Å². The predicted molar refractivity (Wildman–Crippen MR) is 59.3 cm³/mol. The van der Waals surface area contributed by atoms with Crippen LogP contribution in [0.4, 0.5) is 0 Å². The molecule has 2 aliphatic heterocycles. The van der Waals surface area contributed by atoms with E-state index < -0.39 is 13.0 Å². The molecule has 0 atom stereocenters. The molecule has 89 valence electrons. The summed E-state index contributed by atoms with van der Waals surface area (Å²) in [5.74, 6) is 0. The van der Waals surface area contributed by atoms with Crippen LogP contribution in [-0.2, 0) is 13.0 Å². The second kappa shape index (κ2) is 12.4. The van der Waals surface area contributed by atoms with E-state index in [1.165, 1.54) is 0 Å². The van der Waals surface area contributed by atoms with E-state index in [2.05, 4.69) is 21.3 Å². The van der Waals surface area contributed by atoms with Gasteiger partial charge >= 0.3 is 42.1 Å². The first-order valence-corrected chi connectivity index (χ1v) is 10.9. The van der Waals surface area contributed by atoms with Crippen LogP contribution in [0.25, 0.3) is 0 Å². The van der Waals surface area contributed by atoms with Gasteiger partial charge < -0.3 is 21.3 Å². The molecule has 0 saturated carbocycles. The fourth-order valence-corrected chi connectivity index (χ4v) is 0.884. The van der Waals surface area contributed by atoms with E-state index in [0.717, 1.165) is 39.5 Å². The summed E-state index contributed by atoms with van der Waals surface area (Å²) < 4.78 is 0. The van der Waals surface area contributed by atoms with Crippen molar-refractivity contribution < 1.29 is 13.0 Å². The van der Waals surface area contributed by atoms with E-state index in [0.29, 0.717) is 0 Å². The summed E-state index contributed by atoms with van der Waals surface area (Å²) >= 11 is -1.75. The Morgan fingerprint density at radius 2 is 0.857 bits per heavy atom. The molecule has 2 fully saturated rings. The molecule has 0 unspecified atom stereocenters. The standard InChI is InChI=1S/2C3H8N2.3ClH.Ru/c2*1-2-5-3-4-1;;;;/h2*4-5H,1-3H2;3*1H;/q;;;;;+3/p-3. The molecule has 0 aromatic rings. The van der Waals surface area contributed by atoms with Gasteiger partial charge in [-0.15, -0.1) is 0 Å². The summed E-state index contributed by atoms with van der Waals surface area (Å²) in [6, 6.07) is 0. The molecule has 4 N–H and O–H groups in total. The van der Waals surface area contributed by atoms with Crippen molar-refractivity contribution in [2.45, 2.75) is 0 Å². The van der Waals surface area contributed by atoms with Gasteiger partial charge in [0.15, 0.2) is 0 Å². The number of hydrogen-bond acceptors (Lipinski definition) is 4. The van der Waals surface area contributed by atoms with Crippen molar-refractivity contribution in [1.29, 1.82) is 0 Å². The number of hydrogen-bond donors (Lipinski definition) is 4. The zero-order valence-corrected chi connectivity index (χ0v) is 11.7. The second-order valence-corrected chi connectivity index (χ2v) is 10.4. The van der Waals surface area contributed by atoms with Gasteiger partial charge in [0.05, 0.1) is 0 Å². The van der Waals surface area contributed by atoms with E-state index >= 15 is 0 Å². The molecule has 14 heavy (non-hydrogen) atoms. The fourth-order valence-electron chi connectivity index (χ4n) is 0.884. The number of rotatable bonds is 0. The van der Waals surface area contributed by atoms with Crippen LogP contribution in [0.1, 0.15) is 0 Å². The summed E-state index contributed by atoms with van der Waals surface area (Å²) in [4.78, 5) is 0. The Balaban J connectivity index is 0.000000183.